The molecule has 2 rings (SSSR count). The summed E-state index contributed by atoms with van der Waals surface area (Å²) in [6.07, 6.45) is 2.26. The highest BCUT2D eigenvalue weighted by atomic mass is 16.4. The molecular formula is C16H23NO3. The van der Waals surface area contributed by atoms with E-state index in [9.17, 15) is 9.90 Å². The molecule has 2 unspecified atom stereocenters. The average molecular weight is 277 g/mol. The zero-order chi connectivity index (χ0) is 15.1. The molecule has 2 atom stereocenters. The van der Waals surface area contributed by atoms with E-state index in [0.29, 0.717) is 24.3 Å². The minimum Gasteiger partial charge on any atom is -0.478 e. The topological polar surface area (TPSA) is 83.5 Å². The van der Waals surface area contributed by atoms with Crippen molar-refractivity contribution in [2.45, 2.75) is 45.6 Å². The molecule has 0 amide bonds. The molecule has 0 heterocycles. The number of rotatable bonds is 2. The van der Waals surface area contributed by atoms with Gasteiger partial charge in [0.25, 0.3) is 0 Å². The van der Waals surface area contributed by atoms with Crippen LogP contribution >= 0.6 is 0 Å². The first kappa shape index (κ1) is 14.9. The Bertz CT molecular complexity index is 539. The molecule has 110 valence electrons. The third-order valence-corrected chi connectivity index (χ3v) is 4.20. The number of aromatic carboxylic acids is 1. The van der Waals surface area contributed by atoms with Gasteiger partial charge in [-0.05, 0) is 36.7 Å². The van der Waals surface area contributed by atoms with E-state index in [1.165, 1.54) is 6.07 Å². The van der Waals surface area contributed by atoms with Crippen LogP contribution < -0.4 is 5.73 Å². The fourth-order valence-electron chi connectivity index (χ4n) is 3.89. The first-order valence-electron chi connectivity index (χ1n) is 6.99. The average Bonchev–Trinajstić information content (AvgIpc) is 2.24. The molecule has 1 aromatic rings. The normalized spacial score (nSPS) is 29.1. The molecule has 1 fully saturated rings. The van der Waals surface area contributed by atoms with Gasteiger partial charge in [0, 0.05) is 5.56 Å². The van der Waals surface area contributed by atoms with Crippen molar-refractivity contribution in [1.29, 1.82) is 0 Å². The number of carboxylic acid groups (broad SMARTS) is 1. The van der Waals surface area contributed by atoms with Crippen LogP contribution in [0.4, 0.5) is 5.69 Å². The van der Waals surface area contributed by atoms with Crippen molar-refractivity contribution in [2.24, 2.45) is 11.3 Å². The van der Waals surface area contributed by atoms with Crippen molar-refractivity contribution < 1.29 is 15.0 Å². The summed E-state index contributed by atoms with van der Waals surface area (Å²) in [6.45, 7) is 6.37. The van der Waals surface area contributed by atoms with Crippen LogP contribution in [0.25, 0.3) is 0 Å². The van der Waals surface area contributed by atoms with Crippen LogP contribution in [0.2, 0.25) is 0 Å². The molecule has 4 nitrogen and oxygen atoms in total. The highest BCUT2D eigenvalue weighted by molar-refractivity contribution is 5.94. The third-order valence-electron chi connectivity index (χ3n) is 4.20. The van der Waals surface area contributed by atoms with Crippen LogP contribution in [0.3, 0.4) is 0 Å². The quantitative estimate of drug-likeness (QED) is 0.726. The summed E-state index contributed by atoms with van der Waals surface area (Å²) < 4.78 is 0. The molecule has 0 saturated heterocycles. The van der Waals surface area contributed by atoms with Gasteiger partial charge < -0.3 is 15.9 Å². The Hall–Kier alpha value is -1.55. The molecule has 0 spiro atoms. The lowest BCUT2D eigenvalue weighted by molar-refractivity contribution is -0.0629. The van der Waals surface area contributed by atoms with E-state index in [1.807, 2.05) is 0 Å². The van der Waals surface area contributed by atoms with E-state index in [1.54, 1.807) is 12.1 Å². The fraction of sp³-hybridized carbons (Fsp3) is 0.562. The predicted octanol–water partition coefficient (Wildman–Crippen LogP) is 3.00. The Labute approximate surface area is 119 Å². The van der Waals surface area contributed by atoms with Crippen molar-refractivity contribution in [2.75, 3.05) is 5.73 Å². The number of anilines is 1. The molecule has 20 heavy (non-hydrogen) atoms. The summed E-state index contributed by atoms with van der Waals surface area (Å²) in [6, 6.07) is 4.87. The van der Waals surface area contributed by atoms with Gasteiger partial charge in [-0.1, -0.05) is 32.9 Å². The minimum absolute atomic E-state index is 0.0120. The van der Waals surface area contributed by atoms with Crippen molar-refractivity contribution in [3.63, 3.8) is 0 Å². The van der Waals surface area contributed by atoms with Gasteiger partial charge in [-0.2, -0.15) is 0 Å². The zero-order valence-corrected chi connectivity index (χ0v) is 12.3. The highest BCUT2D eigenvalue weighted by Crippen LogP contribution is 2.50. The van der Waals surface area contributed by atoms with Gasteiger partial charge in [-0.3, -0.25) is 0 Å². The number of hydrogen-bond donors (Lipinski definition) is 3. The summed E-state index contributed by atoms with van der Waals surface area (Å²) in [5, 5.41) is 20.2. The van der Waals surface area contributed by atoms with Gasteiger partial charge in [-0.15, -0.1) is 0 Å². The number of benzene rings is 1. The Balaban J connectivity index is 2.49. The monoisotopic (exact) mass is 277 g/mol. The molecule has 0 aliphatic heterocycles. The first-order chi connectivity index (χ1) is 9.15. The molecule has 1 aliphatic rings. The van der Waals surface area contributed by atoms with Crippen molar-refractivity contribution in [3.05, 3.63) is 29.3 Å². The maximum absolute atomic E-state index is 11.2. The second-order valence-electron chi connectivity index (χ2n) is 6.96. The van der Waals surface area contributed by atoms with Crippen LogP contribution in [0.1, 0.15) is 56.0 Å². The van der Waals surface area contributed by atoms with Gasteiger partial charge in [0.1, 0.15) is 0 Å². The van der Waals surface area contributed by atoms with E-state index in [2.05, 4.69) is 20.8 Å². The highest BCUT2D eigenvalue weighted by Gasteiger charge is 2.43. The van der Waals surface area contributed by atoms with Crippen molar-refractivity contribution in [3.8, 4) is 0 Å². The maximum Gasteiger partial charge on any atom is 0.337 e. The van der Waals surface area contributed by atoms with E-state index in [4.69, 9.17) is 10.8 Å². The zero-order valence-electron chi connectivity index (χ0n) is 12.3. The SMILES string of the molecule is CC1CC(C)(C)CC(O)(c2cccc(C(=O)O)c2N)C1. The van der Waals surface area contributed by atoms with Crippen LogP contribution in [-0.4, -0.2) is 16.2 Å². The number of nitrogens with two attached hydrogens (primary N) is 1. The largest absolute Gasteiger partial charge is 0.478 e. The summed E-state index contributed by atoms with van der Waals surface area (Å²) >= 11 is 0. The van der Waals surface area contributed by atoms with E-state index >= 15 is 0 Å². The van der Waals surface area contributed by atoms with Crippen LogP contribution in [0, 0.1) is 11.3 Å². The Morgan fingerprint density at radius 3 is 2.55 bits per heavy atom. The molecular weight excluding hydrogens is 254 g/mol. The molecule has 4 heteroatoms. The maximum atomic E-state index is 11.2. The smallest absolute Gasteiger partial charge is 0.337 e. The Morgan fingerprint density at radius 1 is 1.35 bits per heavy atom. The molecule has 1 aliphatic carbocycles. The van der Waals surface area contributed by atoms with Gasteiger partial charge in [0.05, 0.1) is 16.9 Å². The van der Waals surface area contributed by atoms with Crippen LogP contribution in [-0.2, 0) is 5.60 Å². The number of nitrogen functional groups attached to an aromatic ring is 1. The fourth-order valence-corrected chi connectivity index (χ4v) is 3.89. The number of carboxylic acids is 1. The Morgan fingerprint density at radius 2 is 2.00 bits per heavy atom. The standard InChI is InChI=1S/C16H23NO3/c1-10-7-15(2,3)9-16(20,8-10)12-6-4-5-11(13(12)17)14(18)19/h4-6,10,20H,7-9,17H2,1-3H3,(H,18,19). The summed E-state index contributed by atoms with van der Waals surface area (Å²) in [5.74, 6) is -0.687. The van der Waals surface area contributed by atoms with E-state index in [0.717, 1.165) is 6.42 Å². The summed E-state index contributed by atoms with van der Waals surface area (Å²) in [4.78, 5) is 11.2. The lowest BCUT2D eigenvalue weighted by Gasteiger charge is -2.45. The molecule has 1 saturated carbocycles. The van der Waals surface area contributed by atoms with E-state index < -0.39 is 11.6 Å². The summed E-state index contributed by atoms with van der Waals surface area (Å²) in [7, 11) is 0. The van der Waals surface area contributed by atoms with Crippen LogP contribution in [0.15, 0.2) is 18.2 Å². The van der Waals surface area contributed by atoms with Crippen molar-refractivity contribution >= 4 is 11.7 Å². The number of carbonyl (C=O) groups is 1. The second-order valence-corrected chi connectivity index (χ2v) is 6.96. The number of aliphatic hydroxyl groups is 1. The predicted molar refractivity (Wildman–Crippen MR) is 78.5 cm³/mol. The molecule has 0 bridgehead atoms. The van der Waals surface area contributed by atoms with Crippen molar-refractivity contribution in [1.82, 2.24) is 0 Å². The van der Waals surface area contributed by atoms with Gasteiger partial charge in [0.2, 0.25) is 0 Å². The first-order valence-corrected chi connectivity index (χ1v) is 6.99. The molecule has 1 aromatic carbocycles. The lowest BCUT2D eigenvalue weighted by Crippen LogP contribution is -2.40. The minimum atomic E-state index is -1.06. The van der Waals surface area contributed by atoms with Gasteiger partial charge in [0.15, 0.2) is 0 Å². The molecule has 0 radical (unpaired) electrons. The number of hydrogen-bond acceptors (Lipinski definition) is 3. The lowest BCUT2D eigenvalue weighted by atomic mass is 9.63. The van der Waals surface area contributed by atoms with E-state index in [-0.39, 0.29) is 16.7 Å². The number of para-hydroxylation sites is 1. The second kappa shape index (κ2) is 4.77. The Kier molecular flexibility index (Phi) is 3.54. The molecule has 0 aromatic heterocycles. The van der Waals surface area contributed by atoms with Crippen LogP contribution in [0.5, 0.6) is 0 Å². The third kappa shape index (κ3) is 2.66. The molecule has 4 N–H and O–H groups in total. The van der Waals surface area contributed by atoms with Gasteiger partial charge in [-0.25, -0.2) is 4.79 Å². The van der Waals surface area contributed by atoms with Gasteiger partial charge >= 0.3 is 5.97 Å². The summed E-state index contributed by atoms with van der Waals surface area (Å²) in [5.41, 5.74) is 5.76.